The Morgan fingerprint density at radius 2 is 1.93 bits per heavy atom. The SMILES string of the molecule is CC(C)(C)NC(=O)COC(=O)/C(C#N)=C/c1cn(CCC#N)nc1-c1ccccc1. The highest BCUT2D eigenvalue weighted by molar-refractivity contribution is 5.99. The standard InChI is InChI=1S/C22H23N5O3/c1-22(2,3)25-19(28)15-30-21(29)17(13-24)12-18-14-27(11-7-10-23)26-20(18)16-8-5-4-6-9-16/h4-6,8-9,12,14H,7,11,15H2,1-3H3,(H,25,28)/b17-12+. The molecule has 0 saturated heterocycles. The van der Waals surface area contributed by atoms with Gasteiger partial charge < -0.3 is 10.1 Å². The van der Waals surface area contributed by atoms with Gasteiger partial charge in [-0.15, -0.1) is 0 Å². The molecule has 1 N–H and O–H groups in total. The molecule has 0 saturated carbocycles. The van der Waals surface area contributed by atoms with Crippen LogP contribution < -0.4 is 5.32 Å². The lowest BCUT2D eigenvalue weighted by atomic mass is 10.1. The molecule has 1 aromatic heterocycles. The summed E-state index contributed by atoms with van der Waals surface area (Å²) in [6.07, 6.45) is 3.31. The maximum absolute atomic E-state index is 12.3. The molecule has 8 heteroatoms. The largest absolute Gasteiger partial charge is 0.451 e. The second-order valence-corrected chi connectivity index (χ2v) is 7.51. The number of amides is 1. The topological polar surface area (TPSA) is 121 Å². The number of hydrogen-bond donors (Lipinski definition) is 1. The fraction of sp³-hybridized carbons (Fsp3) is 0.318. The molecule has 1 heterocycles. The van der Waals surface area contributed by atoms with Crippen LogP contribution in [0.4, 0.5) is 0 Å². The molecule has 0 atom stereocenters. The number of hydrogen-bond acceptors (Lipinski definition) is 6. The summed E-state index contributed by atoms with van der Waals surface area (Å²) < 4.78 is 6.57. The lowest BCUT2D eigenvalue weighted by Gasteiger charge is -2.20. The fourth-order valence-electron chi connectivity index (χ4n) is 2.60. The van der Waals surface area contributed by atoms with Crippen molar-refractivity contribution >= 4 is 18.0 Å². The molecule has 2 rings (SSSR count). The zero-order chi connectivity index (χ0) is 22.1. The van der Waals surface area contributed by atoms with Crippen molar-refractivity contribution in [3.05, 3.63) is 47.7 Å². The van der Waals surface area contributed by atoms with Gasteiger partial charge in [-0.25, -0.2) is 4.79 Å². The van der Waals surface area contributed by atoms with Crippen LogP contribution in [0.3, 0.4) is 0 Å². The van der Waals surface area contributed by atoms with E-state index in [2.05, 4.69) is 16.5 Å². The van der Waals surface area contributed by atoms with Crippen molar-refractivity contribution in [1.29, 1.82) is 10.5 Å². The van der Waals surface area contributed by atoms with Crippen molar-refractivity contribution < 1.29 is 14.3 Å². The average Bonchev–Trinajstić information content (AvgIpc) is 3.10. The molecule has 0 radical (unpaired) electrons. The van der Waals surface area contributed by atoms with Crippen LogP contribution in [-0.2, 0) is 20.9 Å². The molecule has 0 fully saturated rings. The maximum atomic E-state index is 12.3. The molecule has 0 spiro atoms. The smallest absolute Gasteiger partial charge is 0.349 e. The highest BCUT2D eigenvalue weighted by atomic mass is 16.5. The summed E-state index contributed by atoms with van der Waals surface area (Å²) >= 11 is 0. The third-order valence-electron chi connectivity index (χ3n) is 3.78. The summed E-state index contributed by atoms with van der Waals surface area (Å²) in [6.45, 7) is 5.32. The monoisotopic (exact) mass is 405 g/mol. The molecule has 0 aliphatic rings. The molecular formula is C22H23N5O3. The first-order valence-corrected chi connectivity index (χ1v) is 9.33. The third-order valence-corrected chi connectivity index (χ3v) is 3.78. The third kappa shape index (κ3) is 6.61. The maximum Gasteiger partial charge on any atom is 0.349 e. The number of aromatic nitrogens is 2. The molecule has 0 unspecified atom stereocenters. The van der Waals surface area contributed by atoms with Crippen molar-refractivity contribution in [2.24, 2.45) is 0 Å². The Hall–Kier alpha value is -3.91. The van der Waals surface area contributed by atoms with Gasteiger partial charge in [0.2, 0.25) is 0 Å². The van der Waals surface area contributed by atoms with Gasteiger partial charge in [-0.05, 0) is 26.8 Å². The summed E-state index contributed by atoms with van der Waals surface area (Å²) in [6, 6.07) is 13.2. The number of carbonyl (C=O) groups is 2. The number of rotatable bonds is 7. The summed E-state index contributed by atoms with van der Waals surface area (Å²) in [5.41, 5.74) is 1.19. The minimum absolute atomic E-state index is 0.254. The Labute approximate surface area is 175 Å². The second kappa shape index (κ2) is 10.0. The minimum atomic E-state index is -0.898. The van der Waals surface area contributed by atoms with Crippen LogP contribution >= 0.6 is 0 Å². The van der Waals surface area contributed by atoms with Gasteiger partial charge in [0.15, 0.2) is 6.61 Å². The molecule has 30 heavy (non-hydrogen) atoms. The number of nitrogens with zero attached hydrogens (tertiary/aromatic N) is 4. The number of nitrogens with one attached hydrogen (secondary N) is 1. The van der Waals surface area contributed by atoms with E-state index in [1.165, 1.54) is 6.08 Å². The number of aryl methyl sites for hydroxylation is 1. The van der Waals surface area contributed by atoms with Crippen LogP contribution in [0, 0.1) is 22.7 Å². The molecular weight excluding hydrogens is 382 g/mol. The normalized spacial score (nSPS) is 11.3. The van der Waals surface area contributed by atoms with Gasteiger partial charge >= 0.3 is 5.97 Å². The lowest BCUT2D eigenvalue weighted by Crippen LogP contribution is -2.42. The summed E-state index contributed by atoms with van der Waals surface area (Å²) in [5, 5.41) is 25.4. The Bertz CT molecular complexity index is 1020. The number of carbonyl (C=O) groups excluding carboxylic acids is 2. The van der Waals surface area contributed by atoms with E-state index in [1.807, 2.05) is 57.2 Å². The second-order valence-electron chi connectivity index (χ2n) is 7.51. The van der Waals surface area contributed by atoms with Crippen LogP contribution in [0.1, 0.15) is 32.8 Å². The highest BCUT2D eigenvalue weighted by Gasteiger charge is 2.18. The van der Waals surface area contributed by atoms with E-state index in [-0.39, 0.29) is 12.0 Å². The van der Waals surface area contributed by atoms with E-state index in [0.29, 0.717) is 17.8 Å². The van der Waals surface area contributed by atoms with E-state index in [0.717, 1.165) is 5.56 Å². The van der Waals surface area contributed by atoms with Gasteiger partial charge in [-0.2, -0.15) is 15.6 Å². The van der Waals surface area contributed by atoms with Crippen molar-refractivity contribution in [3.63, 3.8) is 0 Å². The molecule has 1 aromatic carbocycles. The molecule has 154 valence electrons. The molecule has 0 aliphatic heterocycles. The van der Waals surface area contributed by atoms with Crippen LogP contribution in [0.15, 0.2) is 42.1 Å². The van der Waals surface area contributed by atoms with Crippen LogP contribution in [-0.4, -0.2) is 33.8 Å². The fourth-order valence-corrected chi connectivity index (χ4v) is 2.60. The quantitative estimate of drug-likeness (QED) is 0.429. The lowest BCUT2D eigenvalue weighted by molar-refractivity contribution is -0.144. The molecule has 0 bridgehead atoms. The van der Waals surface area contributed by atoms with Gasteiger partial charge in [0, 0.05) is 22.9 Å². The zero-order valence-electron chi connectivity index (χ0n) is 17.2. The first-order chi connectivity index (χ1) is 14.2. The molecule has 8 nitrogen and oxygen atoms in total. The molecule has 1 amide bonds. The van der Waals surface area contributed by atoms with Crippen LogP contribution in [0.25, 0.3) is 17.3 Å². The number of esters is 1. The van der Waals surface area contributed by atoms with Crippen molar-refractivity contribution in [2.75, 3.05) is 6.61 Å². The van der Waals surface area contributed by atoms with E-state index in [9.17, 15) is 14.9 Å². The van der Waals surface area contributed by atoms with Crippen LogP contribution in [0.2, 0.25) is 0 Å². The van der Waals surface area contributed by atoms with E-state index >= 15 is 0 Å². The highest BCUT2D eigenvalue weighted by Crippen LogP contribution is 2.24. The van der Waals surface area contributed by atoms with Gasteiger partial charge in [0.1, 0.15) is 11.6 Å². The van der Waals surface area contributed by atoms with Gasteiger partial charge in [-0.3, -0.25) is 9.48 Å². The van der Waals surface area contributed by atoms with E-state index in [4.69, 9.17) is 10.00 Å². The first kappa shape index (κ1) is 22.4. The number of ether oxygens (including phenoxy) is 1. The molecule has 0 aliphatic carbocycles. The van der Waals surface area contributed by atoms with Crippen molar-refractivity contribution in [2.45, 2.75) is 39.3 Å². The number of benzene rings is 1. The Morgan fingerprint density at radius 3 is 2.53 bits per heavy atom. The number of nitriles is 2. The summed E-state index contributed by atoms with van der Waals surface area (Å²) in [4.78, 5) is 24.2. The van der Waals surface area contributed by atoms with E-state index in [1.54, 1.807) is 10.9 Å². The average molecular weight is 405 g/mol. The Balaban J connectivity index is 2.26. The van der Waals surface area contributed by atoms with Gasteiger partial charge in [-0.1, -0.05) is 30.3 Å². The van der Waals surface area contributed by atoms with Crippen molar-refractivity contribution in [3.8, 4) is 23.4 Å². The molecule has 2 aromatic rings. The van der Waals surface area contributed by atoms with Gasteiger partial charge in [0.05, 0.1) is 24.7 Å². The summed E-state index contributed by atoms with van der Waals surface area (Å²) in [7, 11) is 0. The Morgan fingerprint density at radius 1 is 1.23 bits per heavy atom. The Kier molecular flexibility index (Phi) is 7.49. The first-order valence-electron chi connectivity index (χ1n) is 9.33. The van der Waals surface area contributed by atoms with Gasteiger partial charge in [0.25, 0.3) is 5.91 Å². The zero-order valence-corrected chi connectivity index (χ0v) is 17.2. The predicted molar refractivity (Wildman–Crippen MR) is 110 cm³/mol. The minimum Gasteiger partial charge on any atom is -0.451 e. The van der Waals surface area contributed by atoms with E-state index < -0.39 is 24.0 Å². The predicted octanol–water partition coefficient (Wildman–Crippen LogP) is 2.83. The summed E-state index contributed by atoms with van der Waals surface area (Å²) in [5.74, 6) is -1.35. The van der Waals surface area contributed by atoms with Crippen LogP contribution in [0.5, 0.6) is 0 Å². The van der Waals surface area contributed by atoms with Crippen molar-refractivity contribution in [1.82, 2.24) is 15.1 Å².